The summed E-state index contributed by atoms with van der Waals surface area (Å²) in [6.07, 6.45) is 2.91. The van der Waals surface area contributed by atoms with Crippen molar-refractivity contribution in [3.8, 4) is 0 Å². The van der Waals surface area contributed by atoms with Crippen LogP contribution in [0.15, 0.2) is 22.8 Å². The van der Waals surface area contributed by atoms with Crippen molar-refractivity contribution in [1.82, 2.24) is 10.2 Å². The molecule has 7 nitrogen and oxygen atoms in total. The maximum atomic E-state index is 12.1. The van der Waals surface area contributed by atoms with Crippen molar-refractivity contribution in [2.45, 2.75) is 26.2 Å². The largest absolute Gasteiger partial charge is 0.466 e. The van der Waals surface area contributed by atoms with Gasteiger partial charge < -0.3 is 19.4 Å². The standard InChI is InChI=1S/C16H22N2O5/c1-2-22-16(21)12-6-9-18(10-7-12)14(19)5-8-17-15(20)13-4-3-11-23-13/h3-4,11-12H,2,5-10H2,1H3,(H,17,20). The Hall–Kier alpha value is -2.31. The topological polar surface area (TPSA) is 88.9 Å². The van der Waals surface area contributed by atoms with E-state index >= 15 is 0 Å². The van der Waals surface area contributed by atoms with Gasteiger partial charge in [0.2, 0.25) is 5.91 Å². The third kappa shape index (κ3) is 4.84. The van der Waals surface area contributed by atoms with Crippen LogP contribution < -0.4 is 5.32 Å². The Morgan fingerprint density at radius 2 is 2.09 bits per heavy atom. The van der Waals surface area contributed by atoms with Crippen LogP contribution in [0.4, 0.5) is 0 Å². The summed E-state index contributed by atoms with van der Waals surface area (Å²) < 4.78 is 9.98. The average molecular weight is 322 g/mol. The summed E-state index contributed by atoms with van der Waals surface area (Å²) in [5, 5.41) is 2.64. The van der Waals surface area contributed by atoms with E-state index in [0.29, 0.717) is 32.5 Å². The Kier molecular flexibility index (Phi) is 6.19. The molecule has 1 aliphatic rings. The van der Waals surface area contributed by atoms with Crippen LogP contribution in [-0.2, 0) is 14.3 Å². The molecule has 0 bridgehead atoms. The van der Waals surface area contributed by atoms with Crippen LogP contribution in [0.25, 0.3) is 0 Å². The zero-order chi connectivity index (χ0) is 16.7. The molecule has 1 aliphatic heterocycles. The summed E-state index contributed by atoms with van der Waals surface area (Å²) in [7, 11) is 0. The van der Waals surface area contributed by atoms with E-state index in [9.17, 15) is 14.4 Å². The van der Waals surface area contributed by atoms with Gasteiger partial charge in [0.25, 0.3) is 5.91 Å². The quantitative estimate of drug-likeness (QED) is 0.795. The fraction of sp³-hybridized carbons (Fsp3) is 0.562. The molecule has 0 radical (unpaired) electrons. The number of amides is 2. The van der Waals surface area contributed by atoms with Gasteiger partial charge in [-0.25, -0.2) is 0 Å². The van der Waals surface area contributed by atoms with E-state index in [0.717, 1.165) is 0 Å². The van der Waals surface area contributed by atoms with Gasteiger partial charge in [0.05, 0.1) is 18.8 Å². The summed E-state index contributed by atoms with van der Waals surface area (Å²) in [6.45, 7) is 3.53. The number of piperidine rings is 1. The number of rotatable bonds is 6. The monoisotopic (exact) mass is 322 g/mol. The Bertz CT molecular complexity index is 533. The molecule has 1 aromatic rings. The van der Waals surface area contributed by atoms with Gasteiger partial charge in [0.15, 0.2) is 5.76 Å². The third-order valence-electron chi connectivity index (χ3n) is 3.84. The number of carbonyl (C=O) groups is 3. The lowest BCUT2D eigenvalue weighted by atomic mass is 9.97. The van der Waals surface area contributed by atoms with Crippen molar-refractivity contribution in [3.63, 3.8) is 0 Å². The Morgan fingerprint density at radius 3 is 2.70 bits per heavy atom. The van der Waals surface area contributed by atoms with Gasteiger partial charge in [-0.15, -0.1) is 0 Å². The molecule has 2 amide bonds. The normalized spacial score (nSPS) is 15.3. The Balaban J connectivity index is 1.67. The first kappa shape index (κ1) is 17.1. The fourth-order valence-electron chi connectivity index (χ4n) is 2.56. The number of ether oxygens (including phenoxy) is 1. The average Bonchev–Trinajstić information content (AvgIpc) is 3.09. The lowest BCUT2D eigenvalue weighted by Gasteiger charge is -2.31. The molecule has 2 heterocycles. The van der Waals surface area contributed by atoms with Crippen LogP contribution >= 0.6 is 0 Å². The van der Waals surface area contributed by atoms with E-state index in [2.05, 4.69) is 5.32 Å². The van der Waals surface area contributed by atoms with Crippen molar-refractivity contribution in [1.29, 1.82) is 0 Å². The number of hydrogen-bond donors (Lipinski definition) is 1. The number of esters is 1. The van der Waals surface area contributed by atoms with E-state index in [1.165, 1.54) is 6.26 Å². The van der Waals surface area contributed by atoms with Crippen molar-refractivity contribution in [2.75, 3.05) is 26.2 Å². The smallest absolute Gasteiger partial charge is 0.309 e. The molecule has 1 saturated heterocycles. The number of hydrogen-bond acceptors (Lipinski definition) is 5. The maximum absolute atomic E-state index is 12.1. The Morgan fingerprint density at radius 1 is 1.35 bits per heavy atom. The molecule has 1 aromatic heterocycles. The zero-order valence-corrected chi connectivity index (χ0v) is 13.2. The number of nitrogens with zero attached hydrogens (tertiary/aromatic N) is 1. The highest BCUT2D eigenvalue weighted by atomic mass is 16.5. The van der Waals surface area contributed by atoms with Crippen molar-refractivity contribution in [3.05, 3.63) is 24.2 Å². The molecular formula is C16H22N2O5. The van der Waals surface area contributed by atoms with E-state index < -0.39 is 0 Å². The molecule has 0 unspecified atom stereocenters. The van der Waals surface area contributed by atoms with Crippen LogP contribution in [0.1, 0.15) is 36.7 Å². The number of likely N-dealkylation sites (tertiary alicyclic amines) is 1. The predicted molar refractivity (Wildman–Crippen MR) is 81.6 cm³/mol. The third-order valence-corrected chi connectivity index (χ3v) is 3.84. The maximum Gasteiger partial charge on any atom is 0.309 e. The second kappa shape index (κ2) is 8.36. The van der Waals surface area contributed by atoms with E-state index in [1.807, 2.05) is 0 Å². The van der Waals surface area contributed by atoms with Crippen LogP contribution in [0.2, 0.25) is 0 Å². The summed E-state index contributed by atoms with van der Waals surface area (Å²) in [5.41, 5.74) is 0. The van der Waals surface area contributed by atoms with Gasteiger partial charge in [0, 0.05) is 26.1 Å². The molecule has 1 fully saturated rings. The van der Waals surface area contributed by atoms with Crippen LogP contribution in [0.3, 0.4) is 0 Å². The van der Waals surface area contributed by atoms with Crippen LogP contribution in [-0.4, -0.2) is 48.9 Å². The minimum atomic E-state index is -0.330. The van der Waals surface area contributed by atoms with Gasteiger partial charge in [-0.2, -0.15) is 0 Å². The molecule has 0 aliphatic carbocycles. The Labute approximate surface area is 135 Å². The molecule has 0 aromatic carbocycles. The van der Waals surface area contributed by atoms with E-state index in [1.54, 1.807) is 24.0 Å². The molecule has 0 spiro atoms. The minimum absolute atomic E-state index is 0.0212. The van der Waals surface area contributed by atoms with Gasteiger partial charge in [0.1, 0.15) is 0 Å². The number of furan rings is 1. The second-order valence-electron chi connectivity index (χ2n) is 5.39. The predicted octanol–water partition coefficient (Wildman–Crippen LogP) is 1.20. The zero-order valence-electron chi connectivity index (χ0n) is 13.2. The van der Waals surface area contributed by atoms with Gasteiger partial charge in [-0.3, -0.25) is 14.4 Å². The van der Waals surface area contributed by atoms with Gasteiger partial charge in [-0.05, 0) is 31.9 Å². The first-order valence-electron chi connectivity index (χ1n) is 7.88. The molecule has 126 valence electrons. The SMILES string of the molecule is CCOC(=O)C1CCN(C(=O)CCNC(=O)c2ccco2)CC1. The molecule has 23 heavy (non-hydrogen) atoms. The van der Waals surface area contributed by atoms with Crippen molar-refractivity contribution in [2.24, 2.45) is 5.92 Å². The summed E-state index contributed by atoms with van der Waals surface area (Å²) in [6, 6.07) is 3.20. The first-order valence-corrected chi connectivity index (χ1v) is 7.88. The lowest BCUT2D eigenvalue weighted by molar-refractivity contribution is -0.151. The van der Waals surface area contributed by atoms with Crippen LogP contribution in [0, 0.1) is 5.92 Å². The summed E-state index contributed by atoms with van der Waals surface area (Å²) in [4.78, 5) is 37.1. The molecule has 1 N–H and O–H groups in total. The van der Waals surface area contributed by atoms with Gasteiger partial charge >= 0.3 is 5.97 Å². The molecule has 2 rings (SSSR count). The number of carbonyl (C=O) groups excluding carboxylic acids is 3. The molecule has 0 saturated carbocycles. The summed E-state index contributed by atoms with van der Waals surface area (Å²) in [5.74, 6) is -0.411. The highest BCUT2D eigenvalue weighted by Gasteiger charge is 2.27. The van der Waals surface area contributed by atoms with Crippen molar-refractivity contribution < 1.29 is 23.5 Å². The molecule has 0 atom stereocenters. The number of nitrogens with one attached hydrogen (secondary N) is 1. The first-order chi connectivity index (χ1) is 11.1. The minimum Gasteiger partial charge on any atom is -0.466 e. The van der Waals surface area contributed by atoms with E-state index in [-0.39, 0.29) is 42.4 Å². The molecule has 7 heteroatoms. The molecular weight excluding hydrogens is 300 g/mol. The summed E-state index contributed by atoms with van der Waals surface area (Å²) >= 11 is 0. The second-order valence-corrected chi connectivity index (χ2v) is 5.39. The highest BCUT2D eigenvalue weighted by Crippen LogP contribution is 2.19. The van der Waals surface area contributed by atoms with Crippen LogP contribution in [0.5, 0.6) is 0 Å². The van der Waals surface area contributed by atoms with E-state index in [4.69, 9.17) is 9.15 Å². The van der Waals surface area contributed by atoms with Gasteiger partial charge in [-0.1, -0.05) is 0 Å². The fourth-order valence-corrected chi connectivity index (χ4v) is 2.56. The highest BCUT2D eigenvalue weighted by molar-refractivity contribution is 5.91. The lowest BCUT2D eigenvalue weighted by Crippen LogP contribution is -2.41. The van der Waals surface area contributed by atoms with Crippen molar-refractivity contribution >= 4 is 17.8 Å².